The van der Waals surface area contributed by atoms with Gasteiger partial charge in [-0.3, -0.25) is 14.2 Å². The number of aromatic nitrogens is 2. The van der Waals surface area contributed by atoms with E-state index in [-0.39, 0.29) is 17.2 Å². The highest BCUT2D eigenvalue weighted by molar-refractivity contribution is 7.99. The maximum absolute atomic E-state index is 12.4. The number of para-hydroxylation sites is 1. The SMILES string of the molecule is Cc1ccc(SCCNC(=O)CSc2nc3ccccc3c(=O)n2C)cc1. The Hall–Kier alpha value is -2.25. The zero-order chi connectivity index (χ0) is 19.2. The average Bonchev–Trinajstić information content (AvgIpc) is 2.68. The van der Waals surface area contributed by atoms with Crippen LogP contribution in [0.5, 0.6) is 0 Å². The molecule has 0 saturated carbocycles. The van der Waals surface area contributed by atoms with Gasteiger partial charge in [-0.05, 0) is 31.2 Å². The highest BCUT2D eigenvalue weighted by atomic mass is 32.2. The molecule has 7 heteroatoms. The summed E-state index contributed by atoms with van der Waals surface area (Å²) in [6, 6.07) is 15.6. The minimum absolute atomic E-state index is 0.0630. The number of rotatable bonds is 7. The van der Waals surface area contributed by atoms with E-state index in [0.717, 1.165) is 5.75 Å². The van der Waals surface area contributed by atoms with E-state index in [4.69, 9.17) is 0 Å². The van der Waals surface area contributed by atoms with Crippen LogP contribution in [0.25, 0.3) is 10.9 Å². The molecule has 27 heavy (non-hydrogen) atoms. The number of nitrogens with one attached hydrogen (secondary N) is 1. The van der Waals surface area contributed by atoms with Crippen molar-refractivity contribution >= 4 is 40.3 Å². The molecule has 3 rings (SSSR count). The summed E-state index contributed by atoms with van der Waals surface area (Å²) in [5, 5.41) is 4.04. The quantitative estimate of drug-likeness (QED) is 0.375. The summed E-state index contributed by atoms with van der Waals surface area (Å²) in [7, 11) is 1.68. The Bertz CT molecular complexity index is 1000. The van der Waals surface area contributed by atoms with Crippen LogP contribution in [0.1, 0.15) is 5.56 Å². The third-order valence-corrected chi connectivity index (χ3v) is 6.03. The predicted octanol–water partition coefficient (Wildman–Crippen LogP) is 3.24. The molecule has 0 saturated heterocycles. The Morgan fingerprint density at radius 3 is 2.63 bits per heavy atom. The zero-order valence-corrected chi connectivity index (χ0v) is 16.9. The molecule has 0 radical (unpaired) electrons. The average molecular weight is 400 g/mol. The molecular weight excluding hydrogens is 378 g/mol. The number of benzene rings is 2. The van der Waals surface area contributed by atoms with Crippen LogP contribution in [-0.2, 0) is 11.8 Å². The van der Waals surface area contributed by atoms with Gasteiger partial charge in [0.2, 0.25) is 5.91 Å². The van der Waals surface area contributed by atoms with Crippen molar-refractivity contribution in [3.8, 4) is 0 Å². The van der Waals surface area contributed by atoms with E-state index in [1.165, 1.54) is 26.8 Å². The lowest BCUT2D eigenvalue weighted by Crippen LogP contribution is -2.28. The van der Waals surface area contributed by atoms with Gasteiger partial charge in [0.05, 0.1) is 16.7 Å². The van der Waals surface area contributed by atoms with Crippen LogP contribution < -0.4 is 10.9 Å². The number of thioether (sulfide) groups is 2. The summed E-state index contributed by atoms with van der Waals surface area (Å²) >= 11 is 2.99. The fraction of sp³-hybridized carbons (Fsp3) is 0.250. The molecule has 3 aromatic rings. The van der Waals surface area contributed by atoms with Crippen molar-refractivity contribution in [2.24, 2.45) is 7.05 Å². The Kier molecular flexibility index (Phi) is 6.58. The van der Waals surface area contributed by atoms with E-state index in [9.17, 15) is 9.59 Å². The second-order valence-corrected chi connectivity index (χ2v) is 8.19. The molecule has 0 atom stereocenters. The normalized spacial score (nSPS) is 10.9. The predicted molar refractivity (Wildman–Crippen MR) is 113 cm³/mol. The summed E-state index contributed by atoms with van der Waals surface area (Å²) in [5.41, 5.74) is 1.79. The van der Waals surface area contributed by atoms with Gasteiger partial charge in [-0.2, -0.15) is 0 Å². The van der Waals surface area contributed by atoms with Gasteiger partial charge in [0.25, 0.3) is 5.56 Å². The van der Waals surface area contributed by atoms with Gasteiger partial charge in [-0.25, -0.2) is 4.98 Å². The fourth-order valence-corrected chi connectivity index (χ4v) is 4.07. The van der Waals surface area contributed by atoms with Crippen molar-refractivity contribution in [2.45, 2.75) is 17.0 Å². The van der Waals surface area contributed by atoms with Crippen LogP contribution in [0.15, 0.2) is 63.4 Å². The van der Waals surface area contributed by atoms with Crippen molar-refractivity contribution < 1.29 is 4.79 Å². The Labute approximate surface area is 166 Å². The molecule has 0 spiro atoms. The minimum atomic E-state index is -0.0991. The molecule has 2 aromatic carbocycles. The van der Waals surface area contributed by atoms with Gasteiger partial charge < -0.3 is 5.32 Å². The smallest absolute Gasteiger partial charge is 0.261 e. The number of fused-ring (bicyclic) bond motifs is 1. The van der Waals surface area contributed by atoms with E-state index in [1.807, 2.05) is 18.2 Å². The number of carbonyl (C=O) groups is 1. The zero-order valence-electron chi connectivity index (χ0n) is 15.3. The maximum Gasteiger partial charge on any atom is 0.261 e. The number of hydrogen-bond donors (Lipinski definition) is 1. The Morgan fingerprint density at radius 2 is 1.85 bits per heavy atom. The summed E-state index contributed by atoms with van der Waals surface area (Å²) < 4.78 is 1.49. The molecule has 5 nitrogen and oxygen atoms in total. The Morgan fingerprint density at radius 1 is 1.11 bits per heavy atom. The van der Waals surface area contributed by atoms with E-state index in [2.05, 4.69) is 41.5 Å². The monoisotopic (exact) mass is 399 g/mol. The number of carbonyl (C=O) groups excluding carboxylic acids is 1. The van der Waals surface area contributed by atoms with Crippen LogP contribution in [0.4, 0.5) is 0 Å². The standard InChI is InChI=1S/C20H21N3O2S2/c1-14-7-9-15(10-8-14)26-12-11-21-18(24)13-27-20-22-17-6-4-3-5-16(17)19(25)23(20)2/h3-10H,11-13H2,1-2H3,(H,21,24). The summed E-state index contributed by atoms with van der Waals surface area (Å²) in [6.07, 6.45) is 0. The number of amides is 1. The largest absolute Gasteiger partial charge is 0.355 e. The van der Waals surface area contributed by atoms with Crippen molar-refractivity contribution in [1.29, 1.82) is 0 Å². The molecule has 140 valence electrons. The van der Waals surface area contributed by atoms with Gasteiger partial charge in [-0.15, -0.1) is 11.8 Å². The van der Waals surface area contributed by atoms with Gasteiger partial charge >= 0.3 is 0 Å². The second-order valence-electron chi connectivity index (χ2n) is 6.08. The molecule has 1 aromatic heterocycles. The lowest BCUT2D eigenvalue weighted by molar-refractivity contribution is -0.118. The molecule has 0 aliphatic carbocycles. The molecule has 0 aliphatic heterocycles. The van der Waals surface area contributed by atoms with E-state index >= 15 is 0 Å². The summed E-state index contributed by atoms with van der Waals surface area (Å²) in [6.45, 7) is 2.66. The number of aryl methyl sites for hydroxylation is 1. The first-order chi connectivity index (χ1) is 13.0. The molecule has 1 N–H and O–H groups in total. The fourth-order valence-electron chi connectivity index (χ4n) is 2.50. The van der Waals surface area contributed by atoms with E-state index in [1.54, 1.807) is 24.9 Å². The first kappa shape index (κ1) is 19.5. The van der Waals surface area contributed by atoms with Gasteiger partial charge in [-0.1, -0.05) is 41.6 Å². The molecule has 0 aliphatic rings. The lowest BCUT2D eigenvalue weighted by Gasteiger charge is -2.09. The number of hydrogen-bond acceptors (Lipinski definition) is 5. The summed E-state index contributed by atoms with van der Waals surface area (Å²) in [5.74, 6) is 0.979. The van der Waals surface area contributed by atoms with E-state index in [0.29, 0.717) is 22.6 Å². The molecule has 1 heterocycles. The first-order valence-corrected chi connectivity index (χ1v) is 10.6. The van der Waals surface area contributed by atoms with Crippen LogP contribution in [-0.4, -0.2) is 33.5 Å². The van der Waals surface area contributed by atoms with Crippen LogP contribution in [0.3, 0.4) is 0 Å². The highest BCUT2D eigenvalue weighted by Gasteiger charge is 2.10. The molecule has 1 amide bonds. The minimum Gasteiger partial charge on any atom is -0.355 e. The highest BCUT2D eigenvalue weighted by Crippen LogP contribution is 2.18. The molecule has 0 fully saturated rings. The van der Waals surface area contributed by atoms with Gasteiger partial charge in [0.1, 0.15) is 0 Å². The molecular formula is C20H21N3O2S2. The van der Waals surface area contributed by atoms with Gasteiger partial charge in [0.15, 0.2) is 5.16 Å². The van der Waals surface area contributed by atoms with Crippen molar-refractivity contribution in [2.75, 3.05) is 18.1 Å². The van der Waals surface area contributed by atoms with Crippen LogP contribution in [0, 0.1) is 6.92 Å². The summed E-state index contributed by atoms with van der Waals surface area (Å²) in [4.78, 5) is 30.1. The lowest BCUT2D eigenvalue weighted by atomic mass is 10.2. The molecule has 0 bridgehead atoms. The number of nitrogens with zero attached hydrogens (tertiary/aromatic N) is 2. The molecule has 0 unspecified atom stereocenters. The van der Waals surface area contributed by atoms with Crippen LogP contribution in [0.2, 0.25) is 0 Å². The second kappa shape index (κ2) is 9.10. The third-order valence-electron chi connectivity index (χ3n) is 3.99. The van der Waals surface area contributed by atoms with Crippen LogP contribution >= 0.6 is 23.5 Å². The topological polar surface area (TPSA) is 64.0 Å². The third kappa shape index (κ3) is 5.14. The van der Waals surface area contributed by atoms with Crippen molar-refractivity contribution in [1.82, 2.24) is 14.9 Å². The van der Waals surface area contributed by atoms with E-state index < -0.39 is 0 Å². The first-order valence-electron chi connectivity index (χ1n) is 8.59. The van der Waals surface area contributed by atoms with Gasteiger partial charge in [0, 0.05) is 24.2 Å². The maximum atomic E-state index is 12.4. The van der Waals surface area contributed by atoms with Crippen molar-refractivity contribution in [3.05, 3.63) is 64.4 Å². The van der Waals surface area contributed by atoms with Crippen molar-refractivity contribution in [3.63, 3.8) is 0 Å². The Balaban J connectivity index is 1.49.